The number of hydrogen-bond acceptors (Lipinski definition) is 4. The number of amides is 1. The zero-order valence-electron chi connectivity index (χ0n) is 12.0. The highest BCUT2D eigenvalue weighted by Crippen LogP contribution is 2.27. The molecule has 1 heterocycles. The Morgan fingerprint density at radius 2 is 2.38 bits per heavy atom. The molecule has 1 aliphatic heterocycles. The van der Waals surface area contributed by atoms with Gasteiger partial charge in [-0.1, -0.05) is 11.6 Å². The number of likely N-dealkylation sites (tertiary alicyclic amines) is 1. The third-order valence-electron chi connectivity index (χ3n) is 3.54. The largest absolute Gasteiger partial charge is 0.495 e. The van der Waals surface area contributed by atoms with Gasteiger partial charge in [-0.2, -0.15) is 0 Å². The number of ether oxygens (including phenoxy) is 1. The van der Waals surface area contributed by atoms with Gasteiger partial charge in [0.05, 0.1) is 18.7 Å². The molecule has 2 rings (SSSR count). The molecule has 114 valence electrons. The van der Waals surface area contributed by atoms with Crippen molar-refractivity contribution in [3.8, 4) is 5.75 Å². The maximum Gasteiger partial charge on any atom is 0.238 e. The Kier molecular flexibility index (Phi) is 5.59. The fourth-order valence-corrected chi connectivity index (χ4v) is 2.75. The van der Waals surface area contributed by atoms with Crippen molar-refractivity contribution in [3.63, 3.8) is 0 Å². The second-order valence-corrected chi connectivity index (χ2v) is 5.58. The molecule has 1 saturated heterocycles. The number of carbonyl (C=O) groups excluding carboxylic acids is 2. The highest BCUT2D eigenvalue weighted by Gasteiger charge is 2.21. The summed E-state index contributed by atoms with van der Waals surface area (Å²) in [4.78, 5) is 24.9. The Labute approximate surface area is 129 Å². The highest BCUT2D eigenvalue weighted by molar-refractivity contribution is 6.32. The number of hydrogen-bond donors (Lipinski definition) is 1. The van der Waals surface area contributed by atoms with Crippen molar-refractivity contribution in [2.75, 3.05) is 32.1 Å². The molecule has 5 nitrogen and oxygen atoms in total. The molecule has 1 unspecified atom stereocenters. The summed E-state index contributed by atoms with van der Waals surface area (Å²) in [5.74, 6) is 0.504. The number of carbonyl (C=O) groups is 2. The lowest BCUT2D eigenvalue weighted by Gasteiger charge is -2.29. The molecule has 21 heavy (non-hydrogen) atoms. The van der Waals surface area contributed by atoms with Crippen LogP contribution in [-0.4, -0.2) is 43.8 Å². The Bertz CT molecular complexity index is 522. The van der Waals surface area contributed by atoms with Crippen molar-refractivity contribution in [2.24, 2.45) is 5.92 Å². The van der Waals surface area contributed by atoms with E-state index in [1.54, 1.807) is 25.3 Å². The van der Waals surface area contributed by atoms with E-state index in [-0.39, 0.29) is 18.4 Å². The van der Waals surface area contributed by atoms with Crippen LogP contribution in [0.2, 0.25) is 5.02 Å². The highest BCUT2D eigenvalue weighted by atomic mass is 35.5. The number of nitrogens with zero attached hydrogens (tertiary/aromatic N) is 1. The zero-order valence-corrected chi connectivity index (χ0v) is 12.7. The lowest BCUT2D eigenvalue weighted by molar-refractivity contribution is -0.119. The summed E-state index contributed by atoms with van der Waals surface area (Å²) in [6.45, 7) is 1.79. The summed E-state index contributed by atoms with van der Waals surface area (Å²) in [5, 5.41) is 3.26. The van der Waals surface area contributed by atoms with Crippen molar-refractivity contribution in [1.82, 2.24) is 4.90 Å². The molecule has 0 aliphatic carbocycles. The van der Waals surface area contributed by atoms with Crippen molar-refractivity contribution in [2.45, 2.75) is 12.8 Å². The first-order chi connectivity index (χ1) is 10.1. The molecule has 0 bridgehead atoms. The Morgan fingerprint density at radius 1 is 1.57 bits per heavy atom. The predicted molar refractivity (Wildman–Crippen MR) is 81.9 cm³/mol. The van der Waals surface area contributed by atoms with Gasteiger partial charge in [0.1, 0.15) is 12.0 Å². The minimum atomic E-state index is -0.109. The van der Waals surface area contributed by atoms with Gasteiger partial charge in [-0.25, -0.2) is 0 Å². The summed E-state index contributed by atoms with van der Waals surface area (Å²) in [5.41, 5.74) is 0.634. The molecule has 0 aromatic heterocycles. The smallest absolute Gasteiger partial charge is 0.238 e. The summed E-state index contributed by atoms with van der Waals surface area (Å²) in [6.07, 6.45) is 2.84. The monoisotopic (exact) mass is 310 g/mol. The van der Waals surface area contributed by atoms with Crippen LogP contribution in [0.1, 0.15) is 12.8 Å². The van der Waals surface area contributed by atoms with Gasteiger partial charge in [0.15, 0.2) is 0 Å². The maximum atomic E-state index is 12.0. The van der Waals surface area contributed by atoms with E-state index in [4.69, 9.17) is 16.3 Å². The second kappa shape index (κ2) is 7.43. The zero-order chi connectivity index (χ0) is 15.2. The van der Waals surface area contributed by atoms with E-state index < -0.39 is 0 Å². The molecule has 1 aromatic carbocycles. The van der Waals surface area contributed by atoms with Crippen LogP contribution < -0.4 is 10.1 Å². The number of anilines is 1. The van der Waals surface area contributed by atoms with Crippen LogP contribution in [0.5, 0.6) is 5.75 Å². The van der Waals surface area contributed by atoms with E-state index >= 15 is 0 Å². The number of nitrogens with one attached hydrogen (secondary N) is 1. The van der Waals surface area contributed by atoms with Crippen molar-refractivity contribution in [1.29, 1.82) is 0 Å². The van der Waals surface area contributed by atoms with E-state index in [2.05, 4.69) is 5.32 Å². The predicted octanol–water partition coefficient (Wildman–Crippen LogP) is 2.20. The lowest BCUT2D eigenvalue weighted by Crippen LogP contribution is -2.40. The van der Waals surface area contributed by atoms with Crippen molar-refractivity contribution >= 4 is 29.5 Å². The standard InChI is InChI=1S/C15H19ClN2O3/c1-21-14-5-4-12(7-13(14)16)17-15(20)9-18-6-2-3-11(8-18)10-19/h4-5,7,10-11H,2-3,6,8-9H2,1H3,(H,17,20). The van der Waals surface area contributed by atoms with E-state index in [9.17, 15) is 9.59 Å². The van der Waals surface area contributed by atoms with Gasteiger partial charge in [-0.05, 0) is 37.6 Å². The molecule has 6 heteroatoms. The second-order valence-electron chi connectivity index (χ2n) is 5.17. The van der Waals surface area contributed by atoms with Crippen molar-refractivity contribution in [3.05, 3.63) is 23.2 Å². The van der Waals surface area contributed by atoms with Crippen LogP contribution >= 0.6 is 11.6 Å². The Morgan fingerprint density at radius 3 is 3.05 bits per heavy atom. The third-order valence-corrected chi connectivity index (χ3v) is 3.83. The number of halogens is 1. The average Bonchev–Trinajstić information content (AvgIpc) is 2.47. The third kappa shape index (κ3) is 4.44. The van der Waals surface area contributed by atoms with Gasteiger partial charge in [0.25, 0.3) is 0 Å². The van der Waals surface area contributed by atoms with Gasteiger partial charge in [0, 0.05) is 18.2 Å². The minimum Gasteiger partial charge on any atom is -0.495 e. The van der Waals surface area contributed by atoms with Crippen LogP contribution in [0.25, 0.3) is 0 Å². The minimum absolute atomic E-state index is 0.0435. The summed E-state index contributed by atoms with van der Waals surface area (Å²) in [7, 11) is 1.54. The first-order valence-electron chi connectivity index (χ1n) is 6.93. The number of piperidine rings is 1. The van der Waals surface area contributed by atoms with Gasteiger partial charge < -0.3 is 14.8 Å². The first kappa shape index (κ1) is 15.8. The SMILES string of the molecule is COc1ccc(NC(=O)CN2CCCC(C=O)C2)cc1Cl. The molecule has 1 N–H and O–H groups in total. The molecule has 1 fully saturated rings. The van der Waals surface area contributed by atoms with Crippen LogP contribution in [-0.2, 0) is 9.59 Å². The Balaban J connectivity index is 1.89. The topological polar surface area (TPSA) is 58.6 Å². The number of aldehydes is 1. The van der Waals surface area contributed by atoms with Gasteiger partial charge in [-0.3, -0.25) is 9.69 Å². The van der Waals surface area contributed by atoms with E-state index in [0.29, 0.717) is 23.0 Å². The lowest BCUT2D eigenvalue weighted by atomic mass is 10.00. The molecule has 1 aromatic rings. The van der Waals surface area contributed by atoms with Gasteiger partial charge in [0.2, 0.25) is 5.91 Å². The van der Waals surface area contributed by atoms with Crippen LogP contribution in [0, 0.1) is 5.92 Å². The van der Waals surface area contributed by atoms with E-state index in [1.165, 1.54) is 0 Å². The Hall–Kier alpha value is -1.59. The quantitative estimate of drug-likeness (QED) is 0.847. The van der Waals surface area contributed by atoms with Gasteiger partial charge in [-0.15, -0.1) is 0 Å². The van der Waals surface area contributed by atoms with Crippen LogP contribution in [0.15, 0.2) is 18.2 Å². The molecule has 1 amide bonds. The van der Waals surface area contributed by atoms with Crippen molar-refractivity contribution < 1.29 is 14.3 Å². The summed E-state index contributed by atoms with van der Waals surface area (Å²) < 4.78 is 5.06. The fourth-order valence-electron chi connectivity index (χ4n) is 2.49. The molecular formula is C15H19ClN2O3. The maximum absolute atomic E-state index is 12.0. The van der Waals surface area contributed by atoms with E-state index in [1.807, 2.05) is 4.90 Å². The first-order valence-corrected chi connectivity index (χ1v) is 7.31. The number of benzene rings is 1. The number of methoxy groups -OCH3 is 1. The van der Waals surface area contributed by atoms with Crippen LogP contribution in [0.3, 0.4) is 0 Å². The molecule has 0 radical (unpaired) electrons. The summed E-state index contributed by atoms with van der Waals surface area (Å²) >= 11 is 6.02. The number of rotatable bonds is 5. The fraction of sp³-hybridized carbons (Fsp3) is 0.467. The molecular weight excluding hydrogens is 292 g/mol. The van der Waals surface area contributed by atoms with E-state index in [0.717, 1.165) is 25.7 Å². The average molecular weight is 311 g/mol. The molecule has 0 spiro atoms. The van der Waals surface area contributed by atoms with Gasteiger partial charge >= 0.3 is 0 Å². The summed E-state index contributed by atoms with van der Waals surface area (Å²) in [6, 6.07) is 5.11. The molecule has 1 aliphatic rings. The molecule has 1 atom stereocenters. The molecule has 0 saturated carbocycles. The normalized spacial score (nSPS) is 19.0. The van der Waals surface area contributed by atoms with Crippen LogP contribution in [0.4, 0.5) is 5.69 Å².